The molecule has 34 heavy (non-hydrogen) atoms. The molecule has 8 bridgehead atoms. The molecular weight excluding hydrogens is 470 g/mol. The molecular formula is C26H19FeN5O2. The monoisotopic (exact) mass is 489 g/mol. The first kappa shape index (κ1) is 22.9. The minimum absolute atomic E-state index is 0. The van der Waals surface area contributed by atoms with Crippen molar-refractivity contribution < 1.29 is 26.7 Å². The molecule has 0 fully saturated rings. The molecule has 0 unspecified atom stereocenters. The zero-order valence-corrected chi connectivity index (χ0v) is 18.9. The number of rotatable bonds is 0. The van der Waals surface area contributed by atoms with Gasteiger partial charge in [0.1, 0.15) is 0 Å². The van der Waals surface area contributed by atoms with Gasteiger partial charge in [-0.15, -0.1) is 0 Å². The van der Waals surface area contributed by atoms with Crippen LogP contribution in [-0.2, 0) is 26.7 Å². The Morgan fingerprint density at radius 3 is 1.47 bits per heavy atom. The summed E-state index contributed by atoms with van der Waals surface area (Å²) >= 11 is 0. The van der Waals surface area contributed by atoms with Crippen molar-refractivity contribution in [3.05, 3.63) is 95.2 Å². The van der Waals surface area contributed by atoms with Crippen molar-refractivity contribution in [1.82, 2.24) is 19.9 Å². The molecule has 0 saturated carbocycles. The molecule has 3 aliphatic rings. The second-order valence-corrected chi connectivity index (χ2v) is 7.60. The van der Waals surface area contributed by atoms with Gasteiger partial charge in [-0.1, -0.05) is 0 Å². The largest absolute Gasteiger partial charge is 0.395 e. The van der Waals surface area contributed by atoms with Gasteiger partial charge in [0, 0.05) is 45.2 Å². The van der Waals surface area contributed by atoms with Gasteiger partial charge in [0.15, 0.2) is 5.78 Å². The summed E-state index contributed by atoms with van der Waals surface area (Å²) in [5.41, 5.74) is 13.0. The van der Waals surface area contributed by atoms with Crippen LogP contribution in [0.15, 0.2) is 72.5 Å². The molecule has 0 atom stereocenters. The second-order valence-electron chi connectivity index (χ2n) is 7.60. The SMILES string of the molecule is C1=Cc2cc3ccc(cc4ccc(cc5nc(cc1n2)C=C5)[nH]4)[nH]3.NC1=CC(=O)C=CC1=O.[Fe]. The van der Waals surface area contributed by atoms with Gasteiger partial charge in [-0.3, -0.25) is 9.59 Å². The summed E-state index contributed by atoms with van der Waals surface area (Å²) in [5.74, 6) is -0.526. The summed E-state index contributed by atoms with van der Waals surface area (Å²) in [5, 5.41) is 0. The first-order valence-corrected chi connectivity index (χ1v) is 10.3. The number of carbonyl (C=O) groups excluding carboxylic acids is 2. The third-order valence-electron chi connectivity index (χ3n) is 5.02. The minimum atomic E-state index is -0.297. The van der Waals surface area contributed by atoms with Gasteiger partial charge in [0.2, 0.25) is 5.78 Å². The predicted octanol–water partition coefficient (Wildman–Crippen LogP) is 4.19. The maximum absolute atomic E-state index is 10.5. The third-order valence-corrected chi connectivity index (χ3v) is 5.02. The fourth-order valence-electron chi connectivity index (χ4n) is 3.47. The Kier molecular flexibility index (Phi) is 6.54. The summed E-state index contributed by atoms with van der Waals surface area (Å²) in [4.78, 5) is 37.0. The van der Waals surface area contributed by atoms with Gasteiger partial charge >= 0.3 is 0 Å². The molecule has 8 heteroatoms. The first-order chi connectivity index (χ1) is 16.0. The predicted molar refractivity (Wildman–Crippen MR) is 130 cm³/mol. The molecule has 168 valence electrons. The van der Waals surface area contributed by atoms with E-state index in [0.717, 1.165) is 57.0 Å². The summed E-state index contributed by atoms with van der Waals surface area (Å²) in [7, 11) is 0. The van der Waals surface area contributed by atoms with E-state index in [4.69, 9.17) is 5.73 Å². The number of aromatic nitrogens is 4. The molecule has 7 nitrogen and oxygen atoms in total. The Labute approximate surface area is 205 Å². The number of H-pyrrole nitrogens is 2. The number of hydrogen-bond acceptors (Lipinski definition) is 5. The van der Waals surface area contributed by atoms with Crippen LogP contribution in [0.1, 0.15) is 22.8 Å². The fourth-order valence-corrected chi connectivity index (χ4v) is 3.47. The molecule has 0 saturated heterocycles. The number of aromatic amines is 2. The van der Waals surface area contributed by atoms with Crippen LogP contribution in [0.2, 0.25) is 0 Å². The van der Waals surface area contributed by atoms with Crippen LogP contribution in [0.5, 0.6) is 0 Å². The number of fused-ring (bicyclic) bond motifs is 8. The molecule has 0 spiro atoms. The van der Waals surface area contributed by atoms with Crippen molar-refractivity contribution in [1.29, 1.82) is 0 Å². The van der Waals surface area contributed by atoms with Gasteiger partial charge in [0.25, 0.3) is 0 Å². The van der Waals surface area contributed by atoms with Gasteiger partial charge in [-0.25, -0.2) is 9.97 Å². The quantitative estimate of drug-likeness (QED) is 0.223. The minimum Gasteiger partial charge on any atom is -0.395 e. The van der Waals surface area contributed by atoms with E-state index in [0.29, 0.717) is 0 Å². The smallest absolute Gasteiger partial charge is 0.201 e. The first-order valence-electron chi connectivity index (χ1n) is 10.3. The van der Waals surface area contributed by atoms with Crippen molar-refractivity contribution in [2.24, 2.45) is 5.73 Å². The van der Waals surface area contributed by atoms with Crippen LogP contribution in [0.3, 0.4) is 0 Å². The van der Waals surface area contributed by atoms with Crippen molar-refractivity contribution in [2.45, 2.75) is 0 Å². The van der Waals surface area contributed by atoms with Crippen molar-refractivity contribution >= 4 is 57.9 Å². The topological polar surface area (TPSA) is 118 Å². The van der Waals surface area contributed by atoms with Crippen LogP contribution in [0, 0.1) is 0 Å². The average molecular weight is 489 g/mol. The number of carbonyl (C=O) groups is 2. The molecule has 6 rings (SSSR count). The standard InChI is InChI=1S/C20H14N4.C6H5NO2.Fe/c1-2-14-10-16-5-6-18(23-16)12-20-8-7-19(24-20)11-17-4-3-15(22-17)9-13(1)21-14;7-5-3-4(8)1-2-6(5)9;/h1-12,21-22H;1-3H,7H2;. The normalized spacial score (nSPS) is 13.7. The van der Waals surface area contributed by atoms with E-state index in [9.17, 15) is 9.59 Å². The molecule has 1 aliphatic carbocycles. The van der Waals surface area contributed by atoms with Gasteiger partial charge in [-0.05, 0) is 85.0 Å². The Balaban J connectivity index is 0.000000234. The average Bonchev–Trinajstić information content (AvgIpc) is 3.57. The van der Waals surface area contributed by atoms with E-state index in [1.54, 1.807) is 0 Å². The maximum Gasteiger partial charge on any atom is 0.201 e. The number of nitrogens with two attached hydrogens (primary N) is 1. The summed E-state index contributed by atoms with van der Waals surface area (Å²) in [6, 6.07) is 16.4. The van der Waals surface area contributed by atoms with Crippen molar-refractivity contribution in [3.8, 4) is 0 Å². The zero-order chi connectivity index (χ0) is 22.8. The van der Waals surface area contributed by atoms with Crippen molar-refractivity contribution in [2.75, 3.05) is 0 Å². The Morgan fingerprint density at radius 2 is 1.03 bits per heavy atom. The number of allylic oxidation sites excluding steroid dienone is 3. The Morgan fingerprint density at radius 1 is 0.588 bits per heavy atom. The van der Waals surface area contributed by atoms with E-state index >= 15 is 0 Å². The molecule has 0 aromatic carbocycles. The van der Waals surface area contributed by atoms with Crippen LogP contribution >= 0.6 is 0 Å². The molecule has 0 amide bonds. The third kappa shape index (κ3) is 5.38. The number of nitrogens with one attached hydrogen (secondary N) is 2. The van der Waals surface area contributed by atoms with E-state index in [2.05, 4.69) is 50.3 Å². The second kappa shape index (κ2) is 9.70. The molecule has 2 aliphatic heterocycles. The van der Waals surface area contributed by atoms with Crippen molar-refractivity contribution in [3.63, 3.8) is 0 Å². The van der Waals surface area contributed by atoms with E-state index in [1.165, 1.54) is 6.08 Å². The molecule has 3 aromatic heterocycles. The number of ketones is 2. The summed E-state index contributed by atoms with van der Waals surface area (Å²) < 4.78 is 0. The van der Waals surface area contributed by atoms with Crippen LogP contribution in [0.4, 0.5) is 0 Å². The molecule has 4 N–H and O–H groups in total. The fraction of sp³-hybridized carbons (Fsp3) is 0. The van der Waals surface area contributed by atoms with Gasteiger partial charge in [-0.2, -0.15) is 0 Å². The summed E-state index contributed by atoms with van der Waals surface area (Å²) in [6.45, 7) is 0. The number of hydrogen-bond donors (Lipinski definition) is 3. The van der Waals surface area contributed by atoms with E-state index < -0.39 is 0 Å². The zero-order valence-electron chi connectivity index (χ0n) is 17.8. The van der Waals surface area contributed by atoms with E-state index in [1.807, 2.05) is 42.5 Å². The summed E-state index contributed by atoms with van der Waals surface area (Å²) in [6.07, 6.45) is 11.5. The Hall–Kier alpha value is -4.26. The molecule has 3 aromatic rings. The van der Waals surface area contributed by atoms with Crippen LogP contribution in [0.25, 0.3) is 46.4 Å². The maximum atomic E-state index is 10.5. The van der Waals surface area contributed by atoms with E-state index in [-0.39, 0.29) is 34.3 Å². The molecule has 5 heterocycles. The van der Waals surface area contributed by atoms with Gasteiger partial charge in [0.05, 0.1) is 28.5 Å². The Bertz CT molecular complexity index is 1480. The number of nitrogens with zero attached hydrogens (tertiary/aromatic N) is 2. The van der Waals surface area contributed by atoms with Crippen LogP contribution < -0.4 is 5.73 Å². The van der Waals surface area contributed by atoms with Gasteiger partial charge < -0.3 is 15.7 Å². The molecule has 0 radical (unpaired) electrons. The van der Waals surface area contributed by atoms with Crippen LogP contribution in [-0.4, -0.2) is 31.5 Å².